The Kier molecular flexibility index (Phi) is 16.1. The molecule has 1 atom stereocenters. The van der Waals surface area contributed by atoms with Crippen LogP contribution in [-0.2, 0) is 12.8 Å². The molecule has 0 saturated carbocycles. The van der Waals surface area contributed by atoms with Crippen molar-refractivity contribution >= 4 is 11.3 Å². The van der Waals surface area contributed by atoms with Gasteiger partial charge in [0.15, 0.2) is 0 Å². The van der Waals surface area contributed by atoms with E-state index in [1.165, 1.54) is 116 Å². The number of hydrogen-bond acceptors (Lipinski definition) is 1. The Balaban J connectivity index is 2.07. The summed E-state index contributed by atoms with van der Waals surface area (Å²) in [6.07, 6.45) is 25.5. The van der Waals surface area contributed by atoms with Gasteiger partial charge in [0, 0.05) is 9.75 Å². The Morgan fingerprint density at radius 1 is 0.714 bits per heavy atom. The highest BCUT2D eigenvalue weighted by molar-refractivity contribution is 7.12. The van der Waals surface area contributed by atoms with E-state index in [1.807, 2.05) is 0 Å². The minimum atomic E-state index is 0.852. The Morgan fingerprint density at radius 3 is 1.79 bits per heavy atom. The van der Waals surface area contributed by atoms with Crippen LogP contribution in [0.5, 0.6) is 0 Å². The van der Waals surface area contributed by atoms with Crippen molar-refractivity contribution in [1.82, 2.24) is 0 Å². The van der Waals surface area contributed by atoms with Gasteiger partial charge in [0.05, 0.1) is 0 Å². The van der Waals surface area contributed by atoms with E-state index in [0.717, 1.165) is 5.92 Å². The predicted molar refractivity (Wildman–Crippen MR) is 131 cm³/mol. The molecule has 1 heterocycles. The third-order valence-electron chi connectivity index (χ3n) is 6.18. The van der Waals surface area contributed by atoms with Gasteiger partial charge in [-0.3, -0.25) is 0 Å². The van der Waals surface area contributed by atoms with E-state index >= 15 is 0 Å². The lowest BCUT2D eigenvalue weighted by atomic mass is 9.98. The zero-order valence-corrected chi connectivity index (χ0v) is 20.6. The van der Waals surface area contributed by atoms with Crippen LogP contribution in [-0.4, -0.2) is 0 Å². The largest absolute Gasteiger partial charge is 0.145 e. The highest BCUT2D eigenvalue weighted by Gasteiger charge is 2.09. The smallest absolute Gasteiger partial charge is 0.00773 e. The molecule has 0 N–H and O–H groups in total. The van der Waals surface area contributed by atoms with Gasteiger partial charge in [-0.25, -0.2) is 0 Å². The molecule has 1 unspecified atom stereocenters. The van der Waals surface area contributed by atoms with Crippen molar-refractivity contribution in [2.75, 3.05) is 0 Å². The van der Waals surface area contributed by atoms with Crippen molar-refractivity contribution in [3.05, 3.63) is 21.4 Å². The second-order valence-corrected chi connectivity index (χ2v) is 10.5. The molecule has 1 aromatic heterocycles. The van der Waals surface area contributed by atoms with Crippen LogP contribution in [0.25, 0.3) is 0 Å². The van der Waals surface area contributed by atoms with Crippen LogP contribution in [0, 0.1) is 12.8 Å². The van der Waals surface area contributed by atoms with Gasteiger partial charge < -0.3 is 0 Å². The van der Waals surface area contributed by atoms with Gasteiger partial charge in [0.2, 0.25) is 0 Å². The van der Waals surface area contributed by atoms with Gasteiger partial charge in [0.1, 0.15) is 0 Å². The Bertz CT molecular complexity index is 459. The summed E-state index contributed by atoms with van der Waals surface area (Å²) < 4.78 is 0. The van der Waals surface area contributed by atoms with Crippen molar-refractivity contribution in [2.45, 2.75) is 143 Å². The van der Waals surface area contributed by atoms with E-state index in [4.69, 9.17) is 0 Å². The first-order valence-corrected chi connectivity index (χ1v) is 13.6. The molecule has 0 bridgehead atoms. The van der Waals surface area contributed by atoms with E-state index in [-0.39, 0.29) is 0 Å². The molecule has 0 aliphatic rings. The fraction of sp³-hybridized carbons (Fsp3) is 0.852. The Hall–Kier alpha value is -0.300. The third kappa shape index (κ3) is 13.0. The van der Waals surface area contributed by atoms with Crippen LogP contribution in [0.3, 0.4) is 0 Å². The molecule has 0 aliphatic carbocycles. The molecule has 164 valence electrons. The molecular weight excluding hydrogens is 356 g/mol. The molecule has 0 fully saturated rings. The zero-order valence-electron chi connectivity index (χ0n) is 19.8. The molecule has 0 saturated heterocycles. The summed E-state index contributed by atoms with van der Waals surface area (Å²) in [7, 11) is 0. The Labute approximate surface area is 181 Å². The van der Waals surface area contributed by atoms with Crippen LogP contribution >= 0.6 is 11.3 Å². The van der Waals surface area contributed by atoms with Gasteiger partial charge >= 0.3 is 0 Å². The molecule has 0 amide bonds. The van der Waals surface area contributed by atoms with E-state index in [9.17, 15) is 0 Å². The lowest BCUT2D eigenvalue weighted by Gasteiger charge is -2.09. The van der Waals surface area contributed by atoms with Crippen LogP contribution in [0.4, 0.5) is 0 Å². The SMILES string of the molecule is CCCCCCCCCCCCCc1sc(CC(C)CCCCCC)cc1C. The maximum absolute atomic E-state index is 2.49. The summed E-state index contributed by atoms with van der Waals surface area (Å²) in [4.78, 5) is 3.31. The Morgan fingerprint density at radius 2 is 1.21 bits per heavy atom. The van der Waals surface area contributed by atoms with Crippen molar-refractivity contribution in [2.24, 2.45) is 5.92 Å². The second-order valence-electron chi connectivity index (χ2n) is 9.26. The van der Waals surface area contributed by atoms with Crippen molar-refractivity contribution in [3.8, 4) is 0 Å². The quantitative estimate of drug-likeness (QED) is 0.200. The van der Waals surface area contributed by atoms with Gasteiger partial charge in [0.25, 0.3) is 0 Å². The topological polar surface area (TPSA) is 0 Å². The van der Waals surface area contributed by atoms with Crippen molar-refractivity contribution in [3.63, 3.8) is 0 Å². The minimum Gasteiger partial charge on any atom is -0.145 e. The third-order valence-corrected chi connectivity index (χ3v) is 7.50. The maximum Gasteiger partial charge on any atom is 0.00773 e. The molecule has 1 heteroatoms. The standard InChI is InChI=1S/C27H50S/c1-5-7-9-11-12-13-14-15-16-17-19-21-27-25(4)23-26(28-27)22-24(3)20-18-10-8-6-2/h23-24H,5-22H2,1-4H3. The van der Waals surface area contributed by atoms with Gasteiger partial charge in [-0.1, -0.05) is 117 Å². The molecule has 0 spiro atoms. The molecule has 0 radical (unpaired) electrons. The summed E-state index contributed by atoms with van der Waals surface area (Å²) in [5, 5.41) is 0. The zero-order chi connectivity index (χ0) is 20.5. The van der Waals surface area contributed by atoms with Crippen molar-refractivity contribution < 1.29 is 0 Å². The highest BCUT2D eigenvalue weighted by atomic mass is 32.1. The van der Waals surface area contributed by atoms with E-state index < -0.39 is 0 Å². The van der Waals surface area contributed by atoms with E-state index in [1.54, 1.807) is 15.3 Å². The van der Waals surface area contributed by atoms with Crippen LogP contribution < -0.4 is 0 Å². The summed E-state index contributed by atoms with van der Waals surface area (Å²) in [5.74, 6) is 0.852. The number of rotatable bonds is 19. The molecule has 0 aromatic carbocycles. The van der Waals surface area contributed by atoms with Crippen molar-refractivity contribution in [1.29, 1.82) is 0 Å². The van der Waals surface area contributed by atoms with Gasteiger partial charge in [-0.15, -0.1) is 11.3 Å². The summed E-state index contributed by atoms with van der Waals surface area (Å²) in [5.41, 5.74) is 1.56. The molecular formula is C27H50S. The number of aryl methyl sites for hydroxylation is 2. The first-order chi connectivity index (χ1) is 13.7. The summed E-state index contributed by atoms with van der Waals surface area (Å²) >= 11 is 2.11. The highest BCUT2D eigenvalue weighted by Crippen LogP contribution is 2.27. The van der Waals surface area contributed by atoms with Gasteiger partial charge in [-0.05, 0) is 43.7 Å². The summed E-state index contributed by atoms with van der Waals surface area (Å²) in [6, 6.07) is 2.49. The normalized spacial score (nSPS) is 12.6. The average Bonchev–Trinajstić information content (AvgIpc) is 3.02. The maximum atomic E-state index is 2.49. The minimum absolute atomic E-state index is 0.852. The van der Waals surface area contributed by atoms with Crippen LogP contribution in [0.2, 0.25) is 0 Å². The number of thiophene rings is 1. The van der Waals surface area contributed by atoms with E-state index in [0.29, 0.717) is 0 Å². The molecule has 28 heavy (non-hydrogen) atoms. The first kappa shape index (κ1) is 25.7. The summed E-state index contributed by atoms with van der Waals surface area (Å²) in [6.45, 7) is 9.38. The predicted octanol–water partition coefficient (Wildman–Crippen LogP) is 10.1. The number of unbranched alkanes of at least 4 members (excludes halogenated alkanes) is 13. The second kappa shape index (κ2) is 17.5. The monoisotopic (exact) mass is 406 g/mol. The van der Waals surface area contributed by atoms with Crippen LogP contribution in [0.1, 0.15) is 139 Å². The first-order valence-electron chi connectivity index (χ1n) is 12.8. The molecule has 1 aromatic rings. The number of hydrogen-bond donors (Lipinski definition) is 0. The lowest BCUT2D eigenvalue weighted by Crippen LogP contribution is -1.98. The van der Waals surface area contributed by atoms with Gasteiger partial charge in [-0.2, -0.15) is 0 Å². The fourth-order valence-corrected chi connectivity index (χ4v) is 5.64. The van der Waals surface area contributed by atoms with E-state index in [2.05, 4.69) is 45.1 Å². The average molecular weight is 407 g/mol. The fourth-order valence-electron chi connectivity index (χ4n) is 4.25. The lowest BCUT2D eigenvalue weighted by molar-refractivity contribution is 0.490. The van der Waals surface area contributed by atoms with Crippen LogP contribution in [0.15, 0.2) is 6.07 Å². The molecule has 0 aliphatic heterocycles. The molecule has 0 nitrogen and oxygen atoms in total. The molecule has 1 rings (SSSR count).